The second-order valence-corrected chi connectivity index (χ2v) is 5.66. The first-order valence-electron chi connectivity index (χ1n) is 3.56. The van der Waals surface area contributed by atoms with Crippen molar-refractivity contribution in [2.24, 2.45) is 0 Å². The Balaban J connectivity index is 2.30. The van der Waals surface area contributed by atoms with Gasteiger partial charge in [-0.05, 0) is 0 Å². The van der Waals surface area contributed by atoms with Gasteiger partial charge in [0.2, 0.25) is 10.0 Å². The van der Waals surface area contributed by atoms with E-state index in [-0.39, 0.29) is 0 Å². The molecule has 0 unspecified atom stereocenters. The zero-order valence-electron chi connectivity index (χ0n) is 6.73. The number of nitrogens with one attached hydrogen (secondary N) is 1. The zero-order valence-corrected chi connectivity index (χ0v) is 9.12. The number of hydrogen-bond acceptors (Lipinski definition) is 4. The molecule has 1 heterocycles. The van der Waals surface area contributed by atoms with Crippen molar-refractivity contribution in [1.82, 2.24) is 9.71 Å². The molecule has 4 nitrogen and oxygen atoms in total. The van der Waals surface area contributed by atoms with Crippen LogP contribution in [0.3, 0.4) is 0 Å². The molecule has 74 valence electrons. The van der Waals surface area contributed by atoms with Gasteiger partial charge < -0.3 is 0 Å². The second kappa shape index (κ2) is 4.90. The number of hydrogen-bond donors (Lipinski definition) is 1. The monoisotopic (exact) mass is 240 g/mol. The molecule has 0 aromatic carbocycles. The van der Waals surface area contributed by atoms with Crippen LogP contribution in [0.5, 0.6) is 0 Å². The lowest BCUT2D eigenvalue weighted by Crippen LogP contribution is -2.26. The van der Waals surface area contributed by atoms with Crippen molar-refractivity contribution < 1.29 is 8.42 Å². The zero-order chi connectivity index (χ0) is 9.73. The fourth-order valence-electron chi connectivity index (χ4n) is 0.728. The molecule has 0 saturated carbocycles. The van der Waals surface area contributed by atoms with E-state index in [9.17, 15) is 8.42 Å². The summed E-state index contributed by atoms with van der Waals surface area (Å²) in [5.41, 5.74) is 0. The summed E-state index contributed by atoms with van der Waals surface area (Å²) in [6.45, 7) is 0.350. The summed E-state index contributed by atoms with van der Waals surface area (Å²) in [6, 6.07) is 0. The van der Waals surface area contributed by atoms with Gasteiger partial charge in [0.25, 0.3) is 0 Å². The third-order valence-corrected chi connectivity index (χ3v) is 3.92. The average Bonchev–Trinajstić information content (AvgIpc) is 2.57. The Morgan fingerprint density at radius 1 is 1.62 bits per heavy atom. The number of alkyl halides is 1. The highest BCUT2D eigenvalue weighted by atomic mass is 35.5. The summed E-state index contributed by atoms with van der Waals surface area (Å²) in [5.74, 6) is 0. The summed E-state index contributed by atoms with van der Waals surface area (Å²) in [6.07, 6.45) is 2.30. The number of halogens is 1. The van der Waals surface area contributed by atoms with Crippen molar-refractivity contribution in [2.75, 3.05) is 11.8 Å². The Bertz CT molecular complexity index is 336. The van der Waals surface area contributed by atoms with Gasteiger partial charge in [-0.3, -0.25) is 0 Å². The molecule has 0 aliphatic rings. The van der Waals surface area contributed by atoms with Crippen molar-refractivity contribution in [1.29, 1.82) is 0 Å². The van der Waals surface area contributed by atoms with Crippen LogP contribution in [0.15, 0.2) is 11.6 Å². The lowest BCUT2D eigenvalue weighted by molar-refractivity contribution is 0.586. The van der Waals surface area contributed by atoms with Gasteiger partial charge in [-0.2, -0.15) is 0 Å². The topological polar surface area (TPSA) is 59.1 Å². The molecule has 0 aliphatic heterocycles. The molecule has 1 aromatic rings. The van der Waals surface area contributed by atoms with Crippen LogP contribution in [0.25, 0.3) is 0 Å². The molecular formula is C6H9ClN2O2S2. The lowest BCUT2D eigenvalue weighted by atomic mass is 10.5. The highest BCUT2D eigenvalue weighted by Crippen LogP contribution is 2.03. The van der Waals surface area contributed by atoms with Crippen LogP contribution in [0.1, 0.15) is 5.01 Å². The second-order valence-electron chi connectivity index (χ2n) is 2.29. The van der Waals surface area contributed by atoms with Gasteiger partial charge in [0, 0.05) is 24.5 Å². The molecule has 0 atom stereocenters. The van der Waals surface area contributed by atoms with Crippen molar-refractivity contribution >= 4 is 33.0 Å². The Morgan fingerprint density at radius 3 is 2.92 bits per heavy atom. The van der Waals surface area contributed by atoms with E-state index in [1.807, 2.05) is 5.38 Å². The Kier molecular flexibility index (Phi) is 4.11. The first kappa shape index (κ1) is 10.9. The van der Waals surface area contributed by atoms with Crippen molar-refractivity contribution in [3.05, 3.63) is 16.6 Å². The van der Waals surface area contributed by atoms with Crippen molar-refractivity contribution in [2.45, 2.75) is 6.42 Å². The third kappa shape index (κ3) is 4.04. The van der Waals surface area contributed by atoms with Crippen LogP contribution in [-0.4, -0.2) is 25.2 Å². The smallest absolute Gasteiger partial charge is 0.225 e. The van der Waals surface area contributed by atoms with E-state index in [4.69, 9.17) is 11.6 Å². The predicted octanol–water partition coefficient (Wildman–Crippen LogP) is 0.801. The Labute approximate surface area is 86.0 Å². The molecule has 7 heteroatoms. The predicted molar refractivity (Wildman–Crippen MR) is 53.5 cm³/mol. The average molecular weight is 241 g/mol. The molecule has 0 spiro atoms. The van der Waals surface area contributed by atoms with Gasteiger partial charge >= 0.3 is 0 Å². The maximum Gasteiger partial charge on any atom is 0.225 e. The molecular weight excluding hydrogens is 232 g/mol. The summed E-state index contributed by atoms with van der Waals surface area (Å²) >= 11 is 6.69. The number of sulfonamides is 1. The maximum absolute atomic E-state index is 10.9. The summed E-state index contributed by atoms with van der Waals surface area (Å²) in [4.78, 5) is 4.01. The van der Waals surface area contributed by atoms with Gasteiger partial charge in [-0.25, -0.2) is 18.1 Å². The van der Waals surface area contributed by atoms with Gasteiger partial charge in [-0.15, -0.1) is 22.9 Å². The van der Waals surface area contributed by atoms with E-state index in [0.717, 1.165) is 5.01 Å². The van der Waals surface area contributed by atoms with E-state index < -0.39 is 15.2 Å². The number of rotatable bonds is 5. The first-order valence-corrected chi connectivity index (χ1v) is 6.62. The van der Waals surface area contributed by atoms with Crippen LogP contribution < -0.4 is 4.72 Å². The molecule has 0 saturated heterocycles. The van der Waals surface area contributed by atoms with Crippen LogP contribution in [-0.2, 0) is 16.4 Å². The number of thiazole rings is 1. The van der Waals surface area contributed by atoms with E-state index in [0.29, 0.717) is 13.0 Å². The van der Waals surface area contributed by atoms with Gasteiger partial charge in [0.15, 0.2) is 0 Å². The largest absolute Gasteiger partial charge is 0.250 e. The minimum Gasteiger partial charge on any atom is -0.250 e. The quantitative estimate of drug-likeness (QED) is 0.775. The highest BCUT2D eigenvalue weighted by Gasteiger charge is 2.06. The summed E-state index contributed by atoms with van der Waals surface area (Å²) in [7, 11) is -3.28. The molecule has 0 bridgehead atoms. The van der Waals surface area contributed by atoms with Crippen molar-refractivity contribution in [3.8, 4) is 0 Å². The molecule has 0 amide bonds. The van der Waals surface area contributed by atoms with Crippen LogP contribution in [0.4, 0.5) is 0 Å². The van der Waals surface area contributed by atoms with E-state index in [2.05, 4.69) is 9.71 Å². The fourth-order valence-corrected chi connectivity index (χ4v) is 2.07. The van der Waals surface area contributed by atoms with Gasteiger partial charge in [-0.1, -0.05) is 0 Å². The summed E-state index contributed by atoms with van der Waals surface area (Å²) < 4.78 is 24.1. The molecule has 13 heavy (non-hydrogen) atoms. The van der Waals surface area contributed by atoms with Gasteiger partial charge in [0.05, 0.1) is 5.01 Å². The SMILES string of the molecule is O=S(=O)(CCl)NCCc1nccs1. The first-order chi connectivity index (χ1) is 6.14. The molecule has 1 N–H and O–H groups in total. The number of aromatic nitrogens is 1. The third-order valence-electron chi connectivity index (χ3n) is 1.29. The maximum atomic E-state index is 10.9. The molecule has 1 rings (SSSR count). The van der Waals surface area contributed by atoms with E-state index in [1.54, 1.807) is 6.20 Å². The molecule has 0 radical (unpaired) electrons. The van der Waals surface area contributed by atoms with E-state index in [1.165, 1.54) is 11.3 Å². The molecule has 0 aliphatic carbocycles. The summed E-state index contributed by atoms with van der Waals surface area (Å²) in [5, 5.41) is 2.37. The van der Waals surface area contributed by atoms with Crippen LogP contribution in [0.2, 0.25) is 0 Å². The lowest BCUT2D eigenvalue weighted by Gasteiger charge is -2.00. The van der Waals surface area contributed by atoms with Crippen LogP contribution >= 0.6 is 22.9 Å². The van der Waals surface area contributed by atoms with Crippen LogP contribution in [0, 0.1) is 0 Å². The normalized spacial score (nSPS) is 11.8. The minimum atomic E-state index is -3.28. The Morgan fingerprint density at radius 2 is 2.38 bits per heavy atom. The standard InChI is InChI=1S/C6H9ClN2O2S2/c7-5-13(10,11)9-2-1-6-8-3-4-12-6/h3-4,9H,1-2,5H2. The van der Waals surface area contributed by atoms with E-state index >= 15 is 0 Å². The Hall–Kier alpha value is -0.170. The minimum absolute atomic E-state index is 0.350. The number of nitrogens with zero attached hydrogens (tertiary/aromatic N) is 1. The molecule has 1 aromatic heterocycles. The highest BCUT2D eigenvalue weighted by molar-refractivity contribution is 7.90. The van der Waals surface area contributed by atoms with Gasteiger partial charge in [0.1, 0.15) is 5.21 Å². The van der Waals surface area contributed by atoms with Crippen molar-refractivity contribution in [3.63, 3.8) is 0 Å². The fraction of sp³-hybridized carbons (Fsp3) is 0.500. The molecule has 0 fully saturated rings.